The maximum absolute atomic E-state index is 12.5. The van der Waals surface area contributed by atoms with Gasteiger partial charge >= 0.3 is 5.97 Å². The van der Waals surface area contributed by atoms with Crippen molar-refractivity contribution in [3.05, 3.63) is 94.8 Å². The molecule has 0 aliphatic rings. The number of hydrazone groups is 1. The second-order valence-electron chi connectivity index (χ2n) is 7.85. The molecule has 0 saturated carbocycles. The van der Waals surface area contributed by atoms with E-state index < -0.39 is 0 Å². The quantitative estimate of drug-likeness (QED) is 0.233. The molecule has 1 heterocycles. The van der Waals surface area contributed by atoms with Crippen LogP contribution in [0.25, 0.3) is 11.0 Å². The molecular formula is C27H26N4O4. The molecule has 0 bridgehead atoms. The number of fused-ring (bicyclic) bond motifs is 1. The normalized spacial score (nSPS) is 11.1. The number of carbonyl (C=O) groups excluding carboxylic acids is 2. The maximum atomic E-state index is 12.5. The lowest BCUT2D eigenvalue weighted by Gasteiger charge is -2.07. The van der Waals surface area contributed by atoms with Gasteiger partial charge in [-0.05, 0) is 79.6 Å². The summed E-state index contributed by atoms with van der Waals surface area (Å²) in [7, 11) is 1.35. The number of nitrogens with zero attached hydrogens (tertiary/aromatic N) is 3. The minimum atomic E-state index is -0.370. The molecule has 1 N–H and O–H groups in total. The number of methoxy groups -OCH3 is 1. The molecule has 0 unspecified atom stereocenters. The van der Waals surface area contributed by atoms with Crippen LogP contribution in [-0.4, -0.2) is 34.8 Å². The Morgan fingerprint density at radius 3 is 2.43 bits per heavy atom. The maximum Gasteiger partial charge on any atom is 0.337 e. The van der Waals surface area contributed by atoms with Crippen molar-refractivity contribution in [2.45, 2.75) is 27.0 Å². The molecule has 4 rings (SSSR count). The second kappa shape index (κ2) is 10.6. The van der Waals surface area contributed by atoms with Crippen LogP contribution in [0.4, 0.5) is 0 Å². The fraction of sp³-hybridized carbons (Fsp3) is 0.185. The molecule has 0 aliphatic carbocycles. The monoisotopic (exact) mass is 470 g/mol. The van der Waals surface area contributed by atoms with E-state index >= 15 is 0 Å². The van der Waals surface area contributed by atoms with Gasteiger partial charge in [0.2, 0.25) is 0 Å². The van der Waals surface area contributed by atoms with E-state index in [1.165, 1.54) is 7.11 Å². The van der Waals surface area contributed by atoms with Gasteiger partial charge in [0.25, 0.3) is 5.91 Å². The van der Waals surface area contributed by atoms with Crippen LogP contribution in [0.3, 0.4) is 0 Å². The highest BCUT2D eigenvalue weighted by molar-refractivity contribution is 5.98. The Morgan fingerprint density at radius 1 is 1.03 bits per heavy atom. The van der Waals surface area contributed by atoms with Gasteiger partial charge in [0.05, 0.1) is 29.9 Å². The van der Waals surface area contributed by atoms with Crippen molar-refractivity contribution in [3.63, 3.8) is 0 Å². The lowest BCUT2D eigenvalue weighted by Crippen LogP contribution is -2.17. The summed E-state index contributed by atoms with van der Waals surface area (Å²) in [6.07, 6.45) is 1.57. The molecular weight excluding hydrogens is 444 g/mol. The van der Waals surface area contributed by atoms with E-state index in [-0.39, 0.29) is 11.9 Å². The molecule has 0 radical (unpaired) electrons. The fourth-order valence-electron chi connectivity index (χ4n) is 3.69. The smallest absolute Gasteiger partial charge is 0.337 e. The minimum absolute atomic E-state index is 0.301. The van der Waals surface area contributed by atoms with Gasteiger partial charge in [0.15, 0.2) is 0 Å². The zero-order valence-electron chi connectivity index (χ0n) is 19.8. The van der Waals surface area contributed by atoms with Crippen LogP contribution in [-0.2, 0) is 17.9 Å². The summed E-state index contributed by atoms with van der Waals surface area (Å²) in [5, 5.41) is 4.06. The Bertz CT molecular complexity index is 1370. The van der Waals surface area contributed by atoms with Crippen molar-refractivity contribution in [2.75, 3.05) is 7.11 Å². The summed E-state index contributed by atoms with van der Waals surface area (Å²) in [6, 6.07) is 19.8. The lowest BCUT2D eigenvalue weighted by atomic mass is 10.1. The highest BCUT2D eigenvalue weighted by Gasteiger charge is 2.10. The predicted octanol–water partition coefficient (Wildman–Crippen LogP) is 4.49. The zero-order valence-corrected chi connectivity index (χ0v) is 19.8. The van der Waals surface area contributed by atoms with Crippen LogP contribution >= 0.6 is 0 Å². The van der Waals surface area contributed by atoms with Gasteiger partial charge in [-0.2, -0.15) is 5.10 Å². The first-order valence-electron chi connectivity index (χ1n) is 11.2. The first kappa shape index (κ1) is 23.7. The standard InChI is InChI=1S/C27H26N4O4/c1-4-31-18(2)29-24-15-22(11-14-25(24)31)26(32)30-28-16-19-7-12-23(13-8-19)35-17-20-5-9-21(10-6-20)27(33)34-3/h5-16H,4,17H2,1-3H3,(H,30,32). The van der Waals surface area contributed by atoms with E-state index in [2.05, 4.69) is 27.0 Å². The van der Waals surface area contributed by atoms with Crippen LogP contribution in [0.5, 0.6) is 5.75 Å². The molecule has 1 aromatic heterocycles. The summed E-state index contributed by atoms with van der Waals surface area (Å²) in [4.78, 5) is 28.5. The summed E-state index contributed by atoms with van der Waals surface area (Å²) in [6.45, 7) is 5.21. The molecule has 8 heteroatoms. The molecule has 8 nitrogen and oxygen atoms in total. The van der Waals surface area contributed by atoms with Crippen LogP contribution in [0.1, 0.15) is 44.6 Å². The molecule has 178 valence electrons. The first-order valence-corrected chi connectivity index (χ1v) is 11.2. The Morgan fingerprint density at radius 2 is 1.74 bits per heavy atom. The third kappa shape index (κ3) is 5.55. The Kier molecular flexibility index (Phi) is 7.21. The van der Waals surface area contributed by atoms with E-state index in [1.807, 2.05) is 49.4 Å². The van der Waals surface area contributed by atoms with E-state index in [1.54, 1.807) is 30.5 Å². The molecule has 3 aromatic carbocycles. The number of hydrogen-bond donors (Lipinski definition) is 1. The first-order chi connectivity index (χ1) is 17.0. The van der Waals surface area contributed by atoms with Crippen LogP contribution in [0.2, 0.25) is 0 Å². The van der Waals surface area contributed by atoms with Crippen molar-refractivity contribution in [1.29, 1.82) is 0 Å². The average molecular weight is 471 g/mol. The number of rotatable bonds is 8. The van der Waals surface area contributed by atoms with E-state index in [9.17, 15) is 9.59 Å². The highest BCUT2D eigenvalue weighted by Crippen LogP contribution is 2.18. The highest BCUT2D eigenvalue weighted by atomic mass is 16.5. The topological polar surface area (TPSA) is 94.8 Å². The second-order valence-corrected chi connectivity index (χ2v) is 7.85. The third-order valence-corrected chi connectivity index (χ3v) is 5.56. The molecule has 0 fully saturated rings. The van der Waals surface area contributed by atoms with Crippen LogP contribution in [0.15, 0.2) is 71.8 Å². The van der Waals surface area contributed by atoms with Crippen molar-refractivity contribution in [3.8, 4) is 5.75 Å². The minimum Gasteiger partial charge on any atom is -0.489 e. The van der Waals surface area contributed by atoms with Gasteiger partial charge in [-0.15, -0.1) is 0 Å². The van der Waals surface area contributed by atoms with Gasteiger partial charge in [-0.25, -0.2) is 15.2 Å². The number of hydrogen-bond acceptors (Lipinski definition) is 6. The van der Waals surface area contributed by atoms with Gasteiger partial charge in [-0.1, -0.05) is 12.1 Å². The van der Waals surface area contributed by atoms with E-state index in [0.717, 1.165) is 34.5 Å². The largest absolute Gasteiger partial charge is 0.489 e. The molecule has 4 aromatic rings. The molecule has 0 aliphatic heterocycles. The number of amides is 1. The van der Waals surface area contributed by atoms with Crippen molar-refractivity contribution >= 4 is 29.1 Å². The van der Waals surface area contributed by atoms with Gasteiger partial charge in [0, 0.05) is 12.1 Å². The summed E-state index contributed by atoms with van der Waals surface area (Å²) < 4.78 is 12.6. The SMILES string of the molecule is CCn1c(C)nc2cc(C(=O)NN=Cc3ccc(OCc4ccc(C(=O)OC)cc4)cc3)ccc21. The molecule has 0 atom stereocenters. The van der Waals surface area contributed by atoms with E-state index in [0.29, 0.717) is 23.5 Å². The number of carbonyl (C=O) groups is 2. The number of benzene rings is 3. The third-order valence-electron chi connectivity index (χ3n) is 5.56. The summed E-state index contributed by atoms with van der Waals surface area (Å²) in [5.41, 5.74) is 7.09. The number of imidazole rings is 1. The number of nitrogens with one attached hydrogen (secondary N) is 1. The van der Waals surface area contributed by atoms with Crippen molar-refractivity contribution < 1.29 is 19.1 Å². The number of aryl methyl sites for hydroxylation is 2. The van der Waals surface area contributed by atoms with Crippen molar-refractivity contribution in [2.24, 2.45) is 5.10 Å². The van der Waals surface area contributed by atoms with Crippen molar-refractivity contribution in [1.82, 2.24) is 15.0 Å². The fourth-order valence-corrected chi connectivity index (χ4v) is 3.69. The van der Waals surface area contributed by atoms with Crippen LogP contribution in [0, 0.1) is 6.92 Å². The van der Waals surface area contributed by atoms with E-state index in [4.69, 9.17) is 9.47 Å². The number of esters is 1. The lowest BCUT2D eigenvalue weighted by molar-refractivity contribution is 0.0600. The Labute approximate surface area is 203 Å². The molecule has 0 saturated heterocycles. The summed E-state index contributed by atoms with van der Waals surface area (Å²) in [5.74, 6) is 0.941. The molecule has 1 amide bonds. The number of ether oxygens (including phenoxy) is 2. The molecule has 35 heavy (non-hydrogen) atoms. The predicted molar refractivity (Wildman–Crippen MR) is 134 cm³/mol. The van der Waals surface area contributed by atoms with Gasteiger partial charge in [0.1, 0.15) is 18.2 Å². The number of aromatic nitrogens is 2. The average Bonchev–Trinajstić information content (AvgIpc) is 3.21. The zero-order chi connectivity index (χ0) is 24.8. The van der Waals surface area contributed by atoms with Gasteiger partial charge in [-0.3, -0.25) is 4.79 Å². The van der Waals surface area contributed by atoms with Crippen LogP contribution < -0.4 is 10.2 Å². The Hall–Kier alpha value is -4.46. The van der Waals surface area contributed by atoms with Gasteiger partial charge < -0.3 is 14.0 Å². The Balaban J connectivity index is 1.31. The summed E-state index contributed by atoms with van der Waals surface area (Å²) >= 11 is 0. The molecule has 0 spiro atoms.